The summed E-state index contributed by atoms with van der Waals surface area (Å²) in [6.07, 6.45) is 3.89. The van der Waals surface area contributed by atoms with E-state index in [9.17, 15) is 9.59 Å². The molecule has 0 spiro atoms. The first-order valence-electron chi connectivity index (χ1n) is 4.93. The molecule has 3 nitrogen and oxygen atoms in total. The van der Waals surface area contributed by atoms with Crippen LogP contribution in [0.3, 0.4) is 0 Å². The fourth-order valence-electron chi connectivity index (χ4n) is 1.48. The Kier molecular flexibility index (Phi) is 3.93. The van der Waals surface area contributed by atoms with Crippen molar-refractivity contribution in [1.29, 1.82) is 0 Å². The summed E-state index contributed by atoms with van der Waals surface area (Å²) >= 11 is 0. The Bertz CT molecular complexity index is 188. The average Bonchev–Trinajstić information content (AvgIpc) is 2.09. The number of hydrogen-bond acceptors (Lipinski definition) is 3. The predicted molar refractivity (Wildman–Crippen MR) is 48.3 cm³/mol. The van der Waals surface area contributed by atoms with Gasteiger partial charge in [-0.3, -0.25) is 9.59 Å². The maximum absolute atomic E-state index is 11.1. The minimum Gasteiger partial charge on any atom is -0.462 e. The van der Waals surface area contributed by atoms with E-state index in [0.29, 0.717) is 37.9 Å². The maximum atomic E-state index is 11.1. The van der Waals surface area contributed by atoms with Crippen LogP contribution in [0.5, 0.6) is 0 Å². The van der Waals surface area contributed by atoms with E-state index >= 15 is 0 Å². The highest BCUT2D eigenvalue weighted by molar-refractivity contribution is 5.79. The summed E-state index contributed by atoms with van der Waals surface area (Å²) in [6.45, 7) is 1.95. The molecule has 0 aliphatic heterocycles. The van der Waals surface area contributed by atoms with Gasteiger partial charge in [-0.05, 0) is 19.3 Å². The van der Waals surface area contributed by atoms with Gasteiger partial charge >= 0.3 is 5.97 Å². The molecule has 0 radical (unpaired) electrons. The Morgan fingerprint density at radius 2 is 2.08 bits per heavy atom. The lowest BCUT2D eigenvalue weighted by atomic mass is 9.96. The SMILES string of the molecule is CCCC(=O)OC1CCC(=O)CC1. The summed E-state index contributed by atoms with van der Waals surface area (Å²) in [7, 11) is 0. The normalized spacial score (nSPS) is 18.7. The largest absolute Gasteiger partial charge is 0.462 e. The van der Waals surface area contributed by atoms with Crippen molar-refractivity contribution in [2.75, 3.05) is 0 Å². The number of hydrogen-bond donors (Lipinski definition) is 0. The highest BCUT2D eigenvalue weighted by atomic mass is 16.5. The minimum absolute atomic E-state index is 0.00301. The van der Waals surface area contributed by atoms with Crippen LogP contribution in [0.25, 0.3) is 0 Å². The molecule has 0 aromatic rings. The Balaban J connectivity index is 2.22. The predicted octanol–water partition coefficient (Wildman–Crippen LogP) is 1.84. The number of esters is 1. The summed E-state index contributed by atoms with van der Waals surface area (Å²) in [6, 6.07) is 0. The highest BCUT2D eigenvalue weighted by Crippen LogP contribution is 2.18. The topological polar surface area (TPSA) is 43.4 Å². The maximum Gasteiger partial charge on any atom is 0.306 e. The van der Waals surface area contributed by atoms with E-state index in [1.54, 1.807) is 0 Å². The Hall–Kier alpha value is -0.860. The van der Waals surface area contributed by atoms with Crippen molar-refractivity contribution in [3.05, 3.63) is 0 Å². The van der Waals surface area contributed by atoms with Gasteiger partial charge in [-0.25, -0.2) is 0 Å². The van der Waals surface area contributed by atoms with Crippen LogP contribution in [0.4, 0.5) is 0 Å². The first-order chi connectivity index (χ1) is 6.22. The quantitative estimate of drug-likeness (QED) is 0.628. The molecule has 0 N–H and O–H groups in total. The van der Waals surface area contributed by atoms with Gasteiger partial charge in [0.2, 0.25) is 0 Å². The second kappa shape index (κ2) is 5.00. The first-order valence-corrected chi connectivity index (χ1v) is 4.93. The third-order valence-corrected chi connectivity index (χ3v) is 2.24. The van der Waals surface area contributed by atoms with Crippen molar-refractivity contribution >= 4 is 11.8 Å². The summed E-state index contributed by atoms with van der Waals surface area (Å²) in [4.78, 5) is 22.0. The molecule has 0 saturated heterocycles. The van der Waals surface area contributed by atoms with Gasteiger partial charge in [-0.1, -0.05) is 6.92 Å². The number of rotatable bonds is 3. The lowest BCUT2D eigenvalue weighted by Gasteiger charge is -2.20. The summed E-state index contributed by atoms with van der Waals surface area (Å²) < 4.78 is 5.19. The molecule has 0 heterocycles. The Morgan fingerprint density at radius 3 is 2.62 bits per heavy atom. The third-order valence-electron chi connectivity index (χ3n) is 2.24. The van der Waals surface area contributed by atoms with Gasteiger partial charge in [0.15, 0.2) is 0 Å². The van der Waals surface area contributed by atoms with Crippen LogP contribution >= 0.6 is 0 Å². The molecule has 0 aromatic heterocycles. The number of ketones is 1. The molecule has 1 aliphatic carbocycles. The van der Waals surface area contributed by atoms with Crippen LogP contribution in [-0.4, -0.2) is 17.9 Å². The van der Waals surface area contributed by atoms with Crippen molar-refractivity contribution < 1.29 is 14.3 Å². The zero-order chi connectivity index (χ0) is 9.68. The van der Waals surface area contributed by atoms with Gasteiger partial charge in [0.05, 0.1) is 0 Å². The molecule has 0 atom stereocenters. The lowest BCUT2D eigenvalue weighted by molar-refractivity contribution is -0.151. The van der Waals surface area contributed by atoms with Crippen LogP contribution in [0, 0.1) is 0 Å². The molecular formula is C10H16O3. The van der Waals surface area contributed by atoms with Crippen molar-refractivity contribution in [2.24, 2.45) is 0 Å². The summed E-state index contributed by atoms with van der Waals surface area (Å²) in [5.74, 6) is 0.171. The third kappa shape index (κ3) is 3.57. The van der Waals surface area contributed by atoms with Crippen LogP contribution in [0.1, 0.15) is 45.4 Å². The Labute approximate surface area is 78.5 Å². The van der Waals surface area contributed by atoms with E-state index in [1.807, 2.05) is 6.92 Å². The van der Waals surface area contributed by atoms with Gasteiger partial charge in [0, 0.05) is 19.3 Å². The Morgan fingerprint density at radius 1 is 1.46 bits per heavy atom. The van der Waals surface area contributed by atoms with Gasteiger partial charge in [0.1, 0.15) is 11.9 Å². The molecule has 0 aromatic carbocycles. The lowest BCUT2D eigenvalue weighted by Crippen LogP contribution is -2.24. The number of carbonyl (C=O) groups is 2. The second-order valence-electron chi connectivity index (χ2n) is 3.48. The smallest absolute Gasteiger partial charge is 0.306 e. The van der Waals surface area contributed by atoms with Crippen molar-refractivity contribution in [3.63, 3.8) is 0 Å². The van der Waals surface area contributed by atoms with E-state index in [2.05, 4.69) is 0 Å². The van der Waals surface area contributed by atoms with E-state index in [0.717, 1.165) is 6.42 Å². The molecule has 13 heavy (non-hydrogen) atoms. The molecule has 1 rings (SSSR count). The van der Waals surface area contributed by atoms with Crippen molar-refractivity contribution in [1.82, 2.24) is 0 Å². The van der Waals surface area contributed by atoms with E-state index in [4.69, 9.17) is 4.74 Å². The van der Waals surface area contributed by atoms with Gasteiger partial charge in [-0.15, -0.1) is 0 Å². The summed E-state index contributed by atoms with van der Waals surface area (Å²) in [5.41, 5.74) is 0. The molecule has 1 saturated carbocycles. The monoisotopic (exact) mass is 184 g/mol. The van der Waals surface area contributed by atoms with E-state index in [-0.39, 0.29) is 12.1 Å². The fraction of sp³-hybridized carbons (Fsp3) is 0.800. The van der Waals surface area contributed by atoms with Crippen molar-refractivity contribution in [3.8, 4) is 0 Å². The highest BCUT2D eigenvalue weighted by Gasteiger charge is 2.21. The van der Waals surface area contributed by atoms with Gasteiger partial charge in [0.25, 0.3) is 0 Å². The molecule has 1 aliphatic rings. The minimum atomic E-state index is -0.123. The summed E-state index contributed by atoms with van der Waals surface area (Å²) in [5, 5.41) is 0. The zero-order valence-electron chi connectivity index (χ0n) is 8.04. The fourth-order valence-corrected chi connectivity index (χ4v) is 1.48. The number of ether oxygens (including phenoxy) is 1. The van der Waals surface area contributed by atoms with Crippen LogP contribution in [0.2, 0.25) is 0 Å². The van der Waals surface area contributed by atoms with E-state index < -0.39 is 0 Å². The van der Waals surface area contributed by atoms with E-state index in [1.165, 1.54) is 0 Å². The molecular weight excluding hydrogens is 168 g/mol. The van der Waals surface area contributed by atoms with Crippen LogP contribution in [0.15, 0.2) is 0 Å². The van der Waals surface area contributed by atoms with Crippen LogP contribution in [-0.2, 0) is 14.3 Å². The molecule has 74 valence electrons. The standard InChI is InChI=1S/C10H16O3/c1-2-3-10(12)13-9-6-4-8(11)5-7-9/h9H,2-7H2,1H3. The molecule has 0 bridgehead atoms. The number of carbonyl (C=O) groups excluding carboxylic acids is 2. The van der Waals surface area contributed by atoms with Gasteiger partial charge < -0.3 is 4.74 Å². The zero-order valence-corrected chi connectivity index (χ0v) is 8.04. The molecule has 1 fully saturated rings. The van der Waals surface area contributed by atoms with Crippen LogP contribution < -0.4 is 0 Å². The second-order valence-corrected chi connectivity index (χ2v) is 3.48. The van der Waals surface area contributed by atoms with Gasteiger partial charge in [-0.2, -0.15) is 0 Å². The average molecular weight is 184 g/mol. The number of Topliss-reactive ketones (excluding diaryl/α,β-unsaturated/α-hetero) is 1. The molecule has 0 unspecified atom stereocenters. The van der Waals surface area contributed by atoms with Crippen molar-refractivity contribution in [2.45, 2.75) is 51.6 Å². The molecule has 3 heteroatoms. The molecule has 0 amide bonds. The first kappa shape index (κ1) is 10.2.